The van der Waals surface area contributed by atoms with E-state index >= 15 is 0 Å². The number of nitrogens with one attached hydrogen (secondary N) is 1. The maximum absolute atomic E-state index is 5.19. The summed E-state index contributed by atoms with van der Waals surface area (Å²) >= 11 is 1.77. The zero-order valence-electron chi connectivity index (χ0n) is 9.98. The maximum Gasteiger partial charge on any atom is 0.0960 e. The first kappa shape index (κ1) is 13.5. The lowest BCUT2D eigenvalue weighted by Crippen LogP contribution is -2.35. The molecule has 1 aromatic rings. The van der Waals surface area contributed by atoms with Crippen molar-refractivity contribution in [2.75, 3.05) is 26.0 Å². The lowest BCUT2D eigenvalue weighted by atomic mass is 10.3. The molecule has 3 nitrogen and oxygen atoms in total. The van der Waals surface area contributed by atoms with Crippen LogP contribution in [0.4, 0.5) is 0 Å². The van der Waals surface area contributed by atoms with Crippen LogP contribution in [0.5, 0.6) is 0 Å². The number of rotatable bonds is 8. The summed E-state index contributed by atoms with van der Waals surface area (Å²) in [7, 11) is 1.74. The number of hydrogen-bond donors (Lipinski definition) is 1. The number of pyridine rings is 1. The Morgan fingerprint density at radius 1 is 1.50 bits per heavy atom. The Hall–Kier alpha value is -0.580. The first-order valence-corrected chi connectivity index (χ1v) is 6.61. The third-order valence-corrected chi connectivity index (χ3v) is 3.23. The van der Waals surface area contributed by atoms with E-state index in [-0.39, 0.29) is 0 Å². The van der Waals surface area contributed by atoms with Crippen LogP contribution in [-0.2, 0) is 4.74 Å². The number of aromatic nitrogens is 1. The Labute approximate surface area is 102 Å². The lowest BCUT2D eigenvalue weighted by Gasteiger charge is -2.16. The first-order chi connectivity index (χ1) is 7.86. The van der Waals surface area contributed by atoms with Crippen LogP contribution >= 0.6 is 11.8 Å². The van der Waals surface area contributed by atoms with Crippen molar-refractivity contribution in [3.05, 3.63) is 24.4 Å². The summed E-state index contributed by atoms with van der Waals surface area (Å²) < 4.78 is 5.19. The molecule has 0 fully saturated rings. The van der Waals surface area contributed by atoms with E-state index in [1.54, 1.807) is 18.9 Å². The van der Waals surface area contributed by atoms with E-state index in [4.69, 9.17) is 4.74 Å². The predicted molar refractivity (Wildman–Crippen MR) is 68.9 cm³/mol. The average molecular weight is 240 g/mol. The molecule has 1 N–H and O–H groups in total. The standard InChI is InChI=1S/C12H20N2OS/c1-3-7-13-11(9-15-2)10-16-12-6-4-5-8-14-12/h4-6,8,11,13H,3,7,9-10H2,1-2H3. The Morgan fingerprint density at radius 2 is 2.38 bits per heavy atom. The van der Waals surface area contributed by atoms with Crippen molar-refractivity contribution in [3.63, 3.8) is 0 Å². The highest BCUT2D eigenvalue weighted by molar-refractivity contribution is 7.99. The maximum atomic E-state index is 5.19. The summed E-state index contributed by atoms with van der Waals surface area (Å²) in [6, 6.07) is 6.39. The summed E-state index contributed by atoms with van der Waals surface area (Å²) in [6.07, 6.45) is 2.97. The normalized spacial score (nSPS) is 12.6. The molecular weight excluding hydrogens is 220 g/mol. The average Bonchev–Trinajstić information content (AvgIpc) is 2.34. The molecule has 0 amide bonds. The molecule has 0 aliphatic heterocycles. The largest absolute Gasteiger partial charge is 0.383 e. The first-order valence-electron chi connectivity index (χ1n) is 5.63. The molecule has 16 heavy (non-hydrogen) atoms. The molecule has 1 heterocycles. The van der Waals surface area contributed by atoms with Gasteiger partial charge in [-0.15, -0.1) is 11.8 Å². The van der Waals surface area contributed by atoms with E-state index in [0.29, 0.717) is 6.04 Å². The van der Waals surface area contributed by atoms with Gasteiger partial charge in [0.05, 0.1) is 11.6 Å². The second kappa shape index (κ2) is 8.56. The van der Waals surface area contributed by atoms with Gasteiger partial charge in [0.15, 0.2) is 0 Å². The molecule has 0 saturated heterocycles. The minimum absolute atomic E-state index is 0.400. The van der Waals surface area contributed by atoms with Crippen molar-refractivity contribution >= 4 is 11.8 Å². The fraction of sp³-hybridized carbons (Fsp3) is 0.583. The minimum Gasteiger partial charge on any atom is -0.383 e. The van der Waals surface area contributed by atoms with Crippen LogP contribution in [0.3, 0.4) is 0 Å². The molecule has 90 valence electrons. The topological polar surface area (TPSA) is 34.1 Å². The van der Waals surface area contributed by atoms with Crippen molar-refractivity contribution in [1.82, 2.24) is 10.3 Å². The zero-order chi connectivity index (χ0) is 11.6. The molecule has 0 bridgehead atoms. The van der Waals surface area contributed by atoms with E-state index < -0.39 is 0 Å². The van der Waals surface area contributed by atoms with E-state index in [9.17, 15) is 0 Å². The van der Waals surface area contributed by atoms with E-state index in [2.05, 4.69) is 17.2 Å². The highest BCUT2D eigenvalue weighted by atomic mass is 32.2. The summed E-state index contributed by atoms with van der Waals surface area (Å²) in [4.78, 5) is 4.29. The predicted octanol–water partition coefficient (Wildman–Crippen LogP) is 2.19. The second-order valence-electron chi connectivity index (χ2n) is 3.59. The van der Waals surface area contributed by atoms with Crippen molar-refractivity contribution in [2.45, 2.75) is 24.4 Å². The highest BCUT2D eigenvalue weighted by Crippen LogP contribution is 2.15. The third kappa shape index (κ3) is 5.49. The van der Waals surface area contributed by atoms with Crippen LogP contribution in [0.15, 0.2) is 29.4 Å². The van der Waals surface area contributed by atoms with Crippen molar-refractivity contribution in [1.29, 1.82) is 0 Å². The Morgan fingerprint density at radius 3 is 3.00 bits per heavy atom. The van der Waals surface area contributed by atoms with Gasteiger partial charge in [-0.25, -0.2) is 4.98 Å². The third-order valence-electron chi connectivity index (χ3n) is 2.12. The Bertz CT molecular complexity index is 269. The van der Waals surface area contributed by atoms with E-state index in [1.165, 1.54) is 0 Å². The van der Waals surface area contributed by atoms with Gasteiger partial charge >= 0.3 is 0 Å². The SMILES string of the molecule is CCCNC(COC)CSc1ccccn1. The number of thioether (sulfide) groups is 1. The molecule has 1 aromatic heterocycles. The zero-order valence-corrected chi connectivity index (χ0v) is 10.8. The van der Waals surface area contributed by atoms with E-state index in [0.717, 1.165) is 30.4 Å². The molecule has 0 spiro atoms. The van der Waals surface area contributed by atoms with Crippen molar-refractivity contribution < 1.29 is 4.74 Å². The molecular formula is C12H20N2OS. The van der Waals surface area contributed by atoms with Crippen LogP contribution in [0.1, 0.15) is 13.3 Å². The van der Waals surface area contributed by atoms with Gasteiger partial charge in [0.25, 0.3) is 0 Å². The summed E-state index contributed by atoms with van der Waals surface area (Å²) in [5.74, 6) is 0.991. The van der Waals surface area contributed by atoms with Crippen molar-refractivity contribution in [3.8, 4) is 0 Å². The summed E-state index contributed by atoms with van der Waals surface area (Å²) in [6.45, 7) is 3.96. The van der Waals surface area contributed by atoms with E-state index in [1.807, 2.05) is 24.4 Å². The van der Waals surface area contributed by atoms with Gasteiger partial charge in [0.2, 0.25) is 0 Å². The Kier molecular flexibility index (Phi) is 7.21. The Balaban J connectivity index is 2.31. The smallest absolute Gasteiger partial charge is 0.0960 e. The van der Waals surface area contributed by atoms with Crippen LogP contribution in [0.25, 0.3) is 0 Å². The van der Waals surface area contributed by atoms with Crippen LogP contribution in [0.2, 0.25) is 0 Å². The summed E-state index contributed by atoms with van der Waals surface area (Å²) in [5, 5.41) is 4.54. The minimum atomic E-state index is 0.400. The molecule has 0 aliphatic rings. The monoisotopic (exact) mass is 240 g/mol. The number of hydrogen-bond acceptors (Lipinski definition) is 4. The van der Waals surface area contributed by atoms with Gasteiger partial charge in [0.1, 0.15) is 0 Å². The molecule has 0 saturated carbocycles. The summed E-state index contributed by atoms with van der Waals surface area (Å²) in [5.41, 5.74) is 0. The molecule has 1 unspecified atom stereocenters. The molecule has 0 radical (unpaired) electrons. The molecule has 4 heteroatoms. The lowest BCUT2D eigenvalue weighted by molar-refractivity contribution is 0.174. The van der Waals surface area contributed by atoms with Gasteiger partial charge in [0, 0.05) is 25.1 Å². The highest BCUT2D eigenvalue weighted by Gasteiger charge is 2.07. The number of methoxy groups -OCH3 is 1. The number of ether oxygens (including phenoxy) is 1. The van der Waals surface area contributed by atoms with Crippen LogP contribution in [-0.4, -0.2) is 37.0 Å². The molecule has 1 atom stereocenters. The fourth-order valence-corrected chi connectivity index (χ4v) is 2.23. The van der Waals surface area contributed by atoms with Gasteiger partial charge in [-0.2, -0.15) is 0 Å². The van der Waals surface area contributed by atoms with Gasteiger partial charge < -0.3 is 10.1 Å². The quantitative estimate of drug-likeness (QED) is 0.706. The van der Waals surface area contributed by atoms with Gasteiger partial charge in [-0.3, -0.25) is 0 Å². The van der Waals surface area contributed by atoms with Crippen molar-refractivity contribution in [2.24, 2.45) is 0 Å². The molecule has 1 rings (SSSR count). The van der Waals surface area contributed by atoms with Gasteiger partial charge in [-0.1, -0.05) is 13.0 Å². The second-order valence-corrected chi connectivity index (χ2v) is 4.63. The molecule has 0 aliphatic carbocycles. The van der Waals surface area contributed by atoms with Crippen LogP contribution < -0.4 is 5.32 Å². The van der Waals surface area contributed by atoms with Gasteiger partial charge in [-0.05, 0) is 25.1 Å². The molecule has 0 aromatic carbocycles. The van der Waals surface area contributed by atoms with Crippen LogP contribution in [0, 0.1) is 0 Å². The number of nitrogens with zero attached hydrogens (tertiary/aromatic N) is 1. The fourth-order valence-electron chi connectivity index (χ4n) is 1.33.